The molecule has 0 radical (unpaired) electrons. The van der Waals surface area contributed by atoms with Crippen LogP contribution in [0.15, 0.2) is 36.4 Å². The van der Waals surface area contributed by atoms with Gasteiger partial charge in [-0.3, -0.25) is 9.48 Å². The van der Waals surface area contributed by atoms with Crippen LogP contribution in [-0.2, 0) is 6.54 Å². The van der Waals surface area contributed by atoms with Gasteiger partial charge >= 0.3 is 0 Å². The Morgan fingerprint density at radius 3 is 2.59 bits per heavy atom. The van der Waals surface area contributed by atoms with Gasteiger partial charge in [-0.25, -0.2) is 4.39 Å². The van der Waals surface area contributed by atoms with Crippen LogP contribution in [0.4, 0.5) is 10.1 Å². The van der Waals surface area contributed by atoms with Crippen molar-refractivity contribution in [1.29, 1.82) is 0 Å². The minimum absolute atomic E-state index is 0.165. The van der Waals surface area contributed by atoms with Crippen molar-refractivity contribution in [1.82, 2.24) is 9.78 Å². The normalized spacial score (nSPS) is 10.9. The lowest BCUT2D eigenvalue weighted by atomic mass is 10.0. The van der Waals surface area contributed by atoms with Gasteiger partial charge in [-0.2, -0.15) is 5.10 Å². The summed E-state index contributed by atoms with van der Waals surface area (Å²) in [6, 6.07) is 10.1. The van der Waals surface area contributed by atoms with Crippen molar-refractivity contribution in [3.05, 3.63) is 80.9 Å². The number of amides is 1. The van der Waals surface area contributed by atoms with Crippen LogP contribution < -0.4 is 5.32 Å². The second-order valence-corrected chi connectivity index (χ2v) is 7.12. The molecule has 0 fully saturated rings. The Morgan fingerprint density at radius 1 is 1.15 bits per heavy atom. The summed E-state index contributed by atoms with van der Waals surface area (Å²) in [5.74, 6) is -0.541. The summed E-state index contributed by atoms with van der Waals surface area (Å²) >= 11 is 6.12. The van der Waals surface area contributed by atoms with E-state index in [0.717, 1.165) is 22.4 Å². The maximum Gasteiger partial charge on any atom is 0.256 e. The molecular formula is C21H21ClFN3O. The summed E-state index contributed by atoms with van der Waals surface area (Å²) in [4.78, 5) is 12.7. The van der Waals surface area contributed by atoms with Gasteiger partial charge in [0.1, 0.15) is 5.82 Å². The Balaban J connectivity index is 1.87. The molecule has 0 bridgehead atoms. The van der Waals surface area contributed by atoms with Crippen molar-refractivity contribution >= 4 is 23.2 Å². The second kappa shape index (κ2) is 7.53. The van der Waals surface area contributed by atoms with Gasteiger partial charge in [0.25, 0.3) is 5.91 Å². The van der Waals surface area contributed by atoms with E-state index in [1.165, 1.54) is 12.1 Å². The van der Waals surface area contributed by atoms with Crippen molar-refractivity contribution in [3.8, 4) is 0 Å². The third kappa shape index (κ3) is 4.03. The monoisotopic (exact) mass is 385 g/mol. The molecule has 2 aromatic carbocycles. The number of hydrogen-bond donors (Lipinski definition) is 1. The third-order valence-corrected chi connectivity index (χ3v) is 4.94. The molecule has 140 valence electrons. The van der Waals surface area contributed by atoms with Crippen LogP contribution in [0.1, 0.15) is 38.4 Å². The van der Waals surface area contributed by atoms with Crippen LogP contribution in [0.5, 0.6) is 0 Å². The van der Waals surface area contributed by atoms with Crippen LogP contribution in [0.2, 0.25) is 5.02 Å². The molecule has 1 amide bonds. The number of nitrogens with one attached hydrogen (secondary N) is 1. The number of aromatic nitrogens is 2. The summed E-state index contributed by atoms with van der Waals surface area (Å²) in [7, 11) is 0. The fourth-order valence-electron chi connectivity index (χ4n) is 3.00. The van der Waals surface area contributed by atoms with E-state index in [-0.39, 0.29) is 11.7 Å². The Labute approximate surface area is 163 Å². The minimum atomic E-state index is -0.376. The number of rotatable bonds is 4. The zero-order valence-corrected chi connectivity index (χ0v) is 16.5. The molecule has 0 atom stereocenters. The SMILES string of the molecule is Cc1ccc(C)c(C(=O)Nc2c(C)nn(Cc3ccc(F)cc3Cl)c2C)c1. The highest BCUT2D eigenvalue weighted by Gasteiger charge is 2.17. The van der Waals surface area contributed by atoms with E-state index in [0.29, 0.717) is 28.5 Å². The Bertz CT molecular complexity index is 1030. The second-order valence-electron chi connectivity index (χ2n) is 6.71. The summed E-state index contributed by atoms with van der Waals surface area (Å²) in [5.41, 5.74) is 5.55. The van der Waals surface area contributed by atoms with Crippen molar-refractivity contribution in [2.24, 2.45) is 0 Å². The summed E-state index contributed by atoms with van der Waals surface area (Å²) < 4.78 is 15.0. The number of halogens is 2. The molecule has 3 rings (SSSR count). The summed E-state index contributed by atoms with van der Waals surface area (Å²) in [6.45, 7) is 7.99. The Morgan fingerprint density at radius 2 is 1.89 bits per heavy atom. The highest BCUT2D eigenvalue weighted by Crippen LogP contribution is 2.24. The van der Waals surface area contributed by atoms with E-state index in [9.17, 15) is 9.18 Å². The van der Waals surface area contributed by atoms with E-state index < -0.39 is 0 Å². The van der Waals surface area contributed by atoms with Gasteiger partial charge in [0.2, 0.25) is 0 Å². The third-order valence-electron chi connectivity index (χ3n) is 4.59. The first kappa shape index (κ1) is 19.1. The molecule has 0 saturated carbocycles. The smallest absolute Gasteiger partial charge is 0.256 e. The molecule has 1 aromatic heterocycles. The molecule has 0 saturated heterocycles. The predicted molar refractivity (Wildman–Crippen MR) is 106 cm³/mol. The van der Waals surface area contributed by atoms with Gasteiger partial charge in [-0.1, -0.05) is 35.4 Å². The van der Waals surface area contributed by atoms with Gasteiger partial charge in [-0.15, -0.1) is 0 Å². The molecule has 6 heteroatoms. The Hall–Kier alpha value is -2.66. The number of hydrogen-bond acceptors (Lipinski definition) is 2. The lowest BCUT2D eigenvalue weighted by molar-refractivity contribution is 0.102. The topological polar surface area (TPSA) is 46.9 Å². The zero-order chi connectivity index (χ0) is 19.7. The molecule has 0 aliphatic carbocycles. The maximum atomic E-state index is 13.2. The lowest BCUT2D eigenvalue weighted by Crippen LogP contribution is -2.15. The Kier molecular flexibility index (Phi) is 5.33. The van der Waals surface area contributed by atoms with Crippen molar-refractivity contribution in [2.45, 2.75) is 34.2 Å². The van der Waals surface area contributed by atoms with Gasteiger partial charge in [-0.05, 0) is 57.0 Å². The average Bonchev–Trinajstić information content (AvgIpc) is 2.87. The van der Waals surface area contributed by atoms with Gasteiger partial charge in [0.05, 0.1) is 23.6 Å². The molecule has 0 aliphatic heterocycles. The molecule has 4 nitrogen and oxygen atoms in total. The van der Waals surface area contributed by atoms with E-state index >= 15 is 0 Å². The first-order valence-electron chi connectivity index (χ1n) is 8.63. The number of aryl methyl sites for hydroxylation is 3. The highest BCUT2D eigenvalue weighted by molar-refractivity contribution is 6.31. The summed E-state index contributed by atoms with van der Waals surface area (Å²) in [5, 5.41) is 7.83. The van der Waals surface area contributed by atoms with E-state index in [1.807, 2.05) is 45.9 Å². The van der Waals surface area contributed by atoms with Crippen molar-refractivity contribution < 1.29 is 9.18 Å². The fourth-order valence-corrected chi connectivity index (χ4v) is 3.23. The molecular weight excluding hydrogens is 365 g/mol. The van der Waals surface area contributed by atoms with Gasteiger partial charge < -0.3 is 5.32 Å². The standard InChI is InChI=1S/C21H21ClFN3O/c1-12-5-6-13(2)18(9-12)21(27)24-20-14(3)25-26(15(20)4)11-16-7-8-17(23)10-19(16)22/h5-10H,11H2,1-4H3,(H,24,27). The van der Waals surface area contributed by atoms with Crippen LogP contribution in [-0.4, -0.2) is 15.7 Å². The van der Waals surface area contributed by atoms with E-state index in [2.05, 4.69) is 10.4 Å². The van der Waals surface area contributed by atoms with Gasteiger partial charge in [0, 0.05) is 10.6 Å². The molecule has 1 heterocycles. The largest absolute Gasteiger partial charge is 0.319 e. The number of anilines is 1. The first-order chi connectivity index (χ1) is 12.8. The van der Waals surface area contributed by atoms with Crippen LogP contribution in [0.25, 0.3) is 0 Å². The van der Waals surface area contributed by atoms with E-state index in [4.69, 9.17) is 11.6 Å². The van der Waals surface area contributed by atoms with Crippen LogP contribution in [0.3, 0.4) is 0 Å². The molecule has 0 aliphatic rings. The quantitative estimate of drug-likeness (QED) is 0.670. The maximum absolute atomic E-state index is 13.2. The van der Waals surface area contributed by atoms with Crippen LogP contribution >= 0.6 is 11.6 Å². The van der Waals surface area contributed by atoms with Crippen molar-refractivity contribution in [2.75, 3.05) is 5.32 Å². The predicted octanol–water partition coefficient (Wildman–Crippen LogP) is 5.21. The highest BCUT2D eigenvalue weighted by atomic mass is 35.5. The first-order valence-corrected chi connectivity index (χ1v) is 9.00. The van der Waals surface area contributed by atoms with Crippen molar-refractivity contribution in [3.63, 3.8) is 0 Å². The molecule has 27 heavy (non-hydrogen) atoms. The lowest BCUT2D eigenvalue weighted by Gasteiger charge is -2.10. The average molecular weight is 386 g/mol. The number of carbonyl (C=O) groups excluding carboxylic acids is 1. The molecule has 0 spiro atoms. The number of nitrogens with zero attached hydrogens (tertiary/aromatic N) is 2. The fraction of sp³-hybridized carbons (Fsp3) is 0.238. The zero-order valence-electron chi connectivity index (χ0n) is 15.7. The number of benzene rings is 2. The molecule has 0 unspecified atom stereocenters. The number of carbonyl (C=O) groups is 1. The summed E-state index contributed by atoms with van der Waals surface area (Å²) in [6.07, 6.45) is 0. The van der Waals surface area contributed by atoms with E-state index in [1.54, 1.807) is 10.7 Å². The minimum Gasteiger partial charge on any atom is -0.319 e. The molecule has 1 N–H and O–H groups in total. The molecule has 3 aromatic rings. The van der Waals surface area contributed by atoms with Crippen LogP contribution in [0, 0.1) is 33.5 Å². The van der Waals surface area contributed by atoms with Gasteiger partial charge in [0.15, 0.2) is 0 Å².